The minimum atomic E-state index is -0.436. The van der Waals surface area contributed by atoms with Crippen LogP contribution in [0.15, 0.2) is 48.5 Å². The van der Waals surface area contributed by atoms with E-state index in [4.69, 9.17) is 22.1 Å². The number of benzene rings is 2. The van der Waals surface area contributed by atoms with Crippen LogP contribution >= 0.6 is 24.0 Å². The van der Waals surface area contributed by atoms with Crippen LogP contribution in [0.5, 0.6) is 0 Å². The molecule has 2 aliphatic rings. The average Bonchev–Trinajstić information content (AvgIpc) is 3.19. The standard InChI is InChI=1S/C24H28ClN3O3.ClH/c1-31-22(29)20-7-2-3-8-21(20)28-14-13-27(23(28)30)19-9-11-24(16-26,12-10-19)17-5-4-6-18(25)15-17;/h2-8,15,19H,9-14,16,26H2,1H3;1H. The Kier molecular flexibility index (Phi) is 7.70. The number of carbonyl (C=O) groups is 2. The Labute approximate surface area is 200 Å². The maximum absolute atomic E-state index is 13.3. The van der Waals surface area contributed by atoms with Gasteiger partial charge >= 0.3 is 12.0 Å². The van der Waals surface area contributed by atoms with Gasteiger partial charge in [0.2, 0.25) is 0 Å². The zero-order valence-electron chi connectivity index (χ0n) is 18.1. The SMILES string of the molecule is COC(=O)c1ccccc1N1CCN(C2CCC(CN)(c3cccc(Cl)c3)CC2)C1=O.Cl. The quantitative estimate of drug-likeness (QED) is 0.636. The first-order valence-electron chi connectivity index (χ1n) is 10.7. The lowest BCUT2D eigenvalue weighted by atomic mass is 9.68. The number of anilines is 1. The summed E-state index contributed by atoms with van der Waals surface area (Å²) in [5.41, 5.74) is 8.33. The third-order valence-electron chi connectivity index (χ3n) is 6.82. The third-order valence-corrected chi connectivity index (χ3v) is 7.06. The molecule has 1 aliphatic carbocycles. The van der Waals surface area contributed by atoms with E-state index in [0.717, 1.165) is 30.7 Å². The van der Waals surface area contributed by atoms with Gasteiger partial charge in [-0.2, -0.15) is 0 Å². The fourth-order valence-electron chi connectivity index (χ4n) is 5.00. The number of methoxy groups -OCH3 is 1. The molecule has 4 rings (SSSR count). The van der Waals surface area contributed by atoms with E-state index in [1.165, 1.54) is 12.7 Å². The second-order valence-corrected chi connectivity index (χ2v) is 8.80. The fourth-order valence-corrected chi connectivity index (χ4v) is 5.19. The van der Waals surface area contributed by atoms with Gasteiger partial charge in [0, 0.05) is 36.1 Å². The topological polar surface area (TPSA) is 75.9 Å². The number of nitrogens with zero attached hydrogens (tertiary/aromatic N) is 2. The summed E-state index contributed by atoms with van der Waals surface area (Å²) in [7, 11) is 1.35. The number of hydrogen-bond donors (Lipinski definition) is 1. The van der Waals surface area contributed by atoms with Gasteiger partial charge in [-0.05, 0) is 55.5 Å². The monoisotopic (exact) mass is 477 g/mol. The number of urea groups is 1. The Morgan fingerprint density at radius 2 is 1.88 bits per heavy atom. The lowest BCUT2D eigenvalue weighted by Crippen LogP contribution is -2.47. The van der Waals surface area contributed by atoms with Gasteiger partial charge in [0.25, 0.3) is 0 Å². The van der Waals surface area contributed by atoms with E-state index >= 15 is 0 Å². The molecule has 172 valence electrons. The molecule has 2 N–H and O–H groups in total. The number of carbonyl (C=O) groups excluding carboxylic acids is 2. The second-order valence-electron chi connectivity index (χ2n) is 8.36. The molecule has 0 radical (unpaired) electrons. The Bertz CT molecular complexity index is 976. The highest BCUT2D eigenvalue weighted by Gasteiger charge is 2.42. The van der Waals surface area contributed by atoms with Crippen molar-refractivity contribution in [2.45, 2.75) is 37.1 Å². The number of rotatable bonds is 5. The molecular formula is C24H29Cl2N3O3. The van der Waals surface area contributed by atoms with Gasteiger partial charge in [-0.1, -0.05) is 35.9 Å². The summed E-state index contributed by atoms with van der Waals surface area (Å²) < 4.78 is 4.89. The van der Waals surface area contributed by atoms with Gasteiger partial charge < -0.3 is 15.4 Å². The van der Waals surface area contributed by atoms with E-state index in [-0.39, 0.29) is 29.9 Å². The molecule has 32 heavy (non-hydrogen) atoms. The summed E-state index contributed by atoms with van der Waals surface area (Å²) in [6.45, 7) is 1.76. The van der Waals surface area contributed by atoms with Crippen molar-refractivity contribution in [2.24, 2.45) is 5.73 Å². The Balaban J connectivity index is 0.00000289. The highest BCUT2D eigenvalue weighted by Crippen LogP contribution is 2.41. The fraction of sp³-hybridized carbons (Fsp3) is 0.417. The van der Waals surface area contributed by atoms with Gasteiger partial charge in [0.15, 0.2) is 0 Å². The summed E-state index contributed by atoms with van der Waals surface area (Å²) in [4.78, 5) is 29.1. The number of ether oxygens (including phenoxy) is 1. The van der Waals surface area contributed by atoms with Crippen LogP contribution < -0.4 is 10.6 Å². The smallest absolute Gasteiger partial charge is 0.339 e. The average molecular weight is 478 g/mol. The molecule has 2 fully saturated rings. The van der Waals surface area contributed by atoms with Crippen molar-refractivity contribution in [1.82, 2.24) is 4.90 Å². The first-order valence-corrected chi connectivity index (χ1v) is 11.1. The summed E-state index contributed by atoms with van der Waals surface area (Å²) in [6, 6.07) is 15.2. The number of hydrogen-bond acceptors (Lipinski definition) is 4. The maximum atomic E-state index is 13.3. The van der Waals surface area contributed by atoms with Crippen LogP contribution in [0.3, 0.4) is 0 Å². The molecule has 0 unspecified atom stereocenters. The number of esters is 1. The predicted molar refractivity (Wildman–Crippen MR) is 129 cm³/mol. The summed E-state index contributed by atoms with van der Waals surface area (Å²) in [5, 5.41) is 0.724. The number of nitrogens with two attached hydrogens (primary N) is 1. The van der Waals surface area contributed by atoms with Crippen molar-refractivity contribution in [1.29, 1.82) is 0 Å². The van der Waals surface area contributed by atoms with E-state index in [2.05, 4.69) is 6.07 Å². The molecule has 1 saturated heterocycles. The van der Waals surface area contributed by atoms with E-state index < -0.39 is 5.97 Å². The van der Waals surface area contributed by atoms with Crippen LogP contribution in [-0.2, 0) is 10.2 Å². The molecule has 1 saturated carbocycles. The Morgan fingerprint density at radius 1 is 1.16 bits per heavy atom. The number of halogens is 2. The first kappa shape index (κ1) is 24.4. The van der Waals surface area contributed by atoms with Crippen molar-refractivity contribution in [3.05, 3.63) is 64.7 Å². The van der Waals surface area contributed by atoms with Crippen molar-refractivity contribution in [2.75, 3.05) is 31.6 Å². The van der Waals surface area contributed by atoms with Crippen molar-refractivity contribution in [3.63, 3.8) is 0 Å². The maximum Gasteiger partial charge on any atom is 0.339 e. The summed E-state index contributed by atoms with van der Waals surface area (Å²) in [6.07, 6.45) is 3.61. The van der Waals surface area contributed by atoms with E-state index in [1.54, 1.807) is 23.1 Å². The van der Waals surface area contributed by atoms with Gasteiger partial charge in [0.1, 0.15) is 0 Å². The summed E-state index contributed by atoms with van der Waals surface area (Å²) >= 11 is 6.22. The van der Waals surface area contributed by atoms with Crippen LogP contribution in [0.2, 0.25) is 5.02 Å². The molecule has 2 aromatic carbocycles. The minimum Gasteiger partial charge on any atom is -0.465 e. The Morgan fingerprint density at radius 3 is 2.53 bits per heavy atom. The van der Waals surface area contributed by atoms with Gasteiger partial charge in [-0.15, -0.1) is 12.4 Å². The van der Waals surface area contributed by atoms with Gasteiger partial charge in [-0.25, -0.2) is 9.59 Å². The summed E-state index contributed by atoms with van der Waals surface area (Å²) in [5.74, 6) is -0.436. The van der Waals surface area contributed by atoms with Crippen LogP contribution in [0.25, 0.3) is 0 Å². The van der Waals surface area contributed by atoms with Gasteiger partial charge in [0.05, 0.1) is 18.4 Å². The lowest BCUT2D eigenvalue weighted by Gasteiger charge is -2.42. The van der Waals surface area contributed by atoms with Crippen LogP contribution in [0, 0.1) is 0 Å². The number of para-hydroxylation sites is 1. The molecule has 0 bridgehead atoms. The van der Waals surface area contributed by atoms with E-state index in [1.807, 2.05) is 29.2 Å². The van der Waals surface area contributed by atoms with Crippen molar-refractivity contribution >= 4 is 41.7 Å². The largest absolute Gasteiger partial charge is 0.465 e. The first-order chi connectivity index (χ1) is 15.0. The zero-order chi connectivity index (χ0) is 22.0. The Hall–Kier alpha value is -2.28. The molecule has 1 aliphatic heterocycles. The molecule has 2 aromatic rings. The molecule has 2 amide bonds. The molecule has 0 atom stereocenters. The molecule has 0 aromatic heterocycles. The van der Waals surface area contributed by atoms with Crippen molar-refractivity contribution in [3.8, 4) is 0 Å². The second kappa shape index (κ2) is 10.1. The van der Waals surface area contributed by atoms with E-state index in [9.17, 15) is 9.59 Å². The molecule has 1 heterocycles. The van der Waals surface area contributed by atoms with Crippen LogP contribution in [-0.4, -0.2) is 49.7 Å². The minimum absolute atomic E-state index is 0. The molecular weight excluding hydrogens is 449 g/mol. The predicted octanol–water partition coefficient (Wildman–Crippen LogP) is 4.63. The highest BCUT2D eigenvalue weighted by molar-refractivity contribution is 6.30. The molecule has 8 heteroatoms. The normalized spacial score (nSPS) is 23.1. The van der Waals surface area contributed by atoms with E-state index in [0.29, 0.717) is 30.9 Å². The van der Waals surface area contributed by atoms with Crippen LogP contribution in [0.1, 0.15) is 41.6 Å². The van der Waals surface area contributed by atoms with Crippen LogP contribution in [0.4, 0.5) is 10.5 Å². The highest BCUT2D eigenvalue weighted by atomic mass is 35.5. The van der Waals surface area contributed by atoms with Gasteiger partial charge in [-0.3, -0.25) is 4.90 Å². The van der Waals surface area contributed by atoms with Crippen molar-refractivity contribution < 1.29 is 14.3 Å². The molecule has 6 nitrogen and oxygen atoms in total. The number of amides is 2. The molecule has 0 spiro atoms. The zero-order valence-corrected chi connectivity index (χ0v) is 19.7. The third kappa shape index (κ3) is 4.45. The lowest BCUT2D eigenvalue weighted by molar-refractivity contribution is 0.0601.